The maximum absolute atomic E-state index is 6.26. The minimum Gasteiger partial charge on any atom is -0.357 e. The minimum atomic E-state index is 0.535. The van der Waals surface area contributed by atoms with E-state index in [0.29, 0.717) is 15.7 Å². The smallest absolute Gasteiger partial charge is 0.180 e. The average Bonchev–Trinajstić information content (AvgIpc) is 2.66. The van der Waals surface area contributed by atoms with Gasteiger partial charge in [-0.3, -0.25) is 0 Å². The molecule has 1 saturated heterocycles. The first-order valence-electron chi connectivity index (χ1n) is 8.61. The summed E-state index contributed by atoms with van der Waals surface area (Å²) in [6.45, 7) is 4.41. The summed E-state index contributed by atoms with van der Waals surface area (Å²) < 4.78 is 0. The normalized spacial score (nSPS) is 15.6. The lowest BCUT2D eigenvalue weighted by molar-refractivity contribution is 0.437. The topological polar surface area (TPSA) is 41.9 Å². The fourth-order valence-electron chi connectivity index (χ4n) is 3.02. The van der Waals surface area contributed by atoms with E-state index in [9.17, 15) is 0 Å². The number of pyridine rings is 1. The maximum atomic E-state index is 6.26. The fourth-order valence-corrected chi connectivity index (χ4v) is 4.31. The Morgan fingerprint density at radius 1 is 1.08 bits per heavy atom. The van der Waals surface area contributed by atoms with E-state index >= 15 is 0 Å². The molecule has 1 aliphatic rings. The van der Waals surface area contributed by atoms with E-state index in [1.807, 2.05) is 24.3 Å². The van der Waals surface area contributed by atoms with Crippen LogP contribution in [0, 0.1) is 5.92 Å². The van der Waals surface area contributed by atoms with E-state index in [1.54, 1.807) is 12.3 Å². The second-order valence-corrected chi connectivity index (χ2v) is 8.39. The van der Waals surface area contributed by atoms with E-state index in [4.69, 9.17) is 28.2 Å². The third kappa shape index (κ3) is 3.75. The summed E-state index contributed by atoms with van der Waals surface area (Å²) in [4.78, 5) is 17.0. The maximum Gasteiger partial charge on any atom is 0.180 e. The number of benzene rings is 1. The highest BCUT2D eigenvalue weighted by Gasteiger charge is 2.17. The zero-order valence-electron chi connectivity index (χ0n) is 14.3. The standard InChI is InChI=1S/C19H18Cl2N4S/c1-12-7-9-25(10-8-12)16-6-5-14-19(24-16)22-11-17(23-14)26-15-4-2-3-13(20)18(15)21/h2-6,11-12H,7-10H2,1H3. The molecule has 7 heteroatoms. The molecule has 3 heterocycles. The molecule has 1 aliphatic heterocycles. The van der Waals surface area contributed by atoms with Crippen LogP contribution in [-0.2, 0) is 0 Å². The predicted molar refractivity (Wildman–Crippen MR) is 109 cm³/mol. The monoisotopic (exact) mass is 404 g/mol. The molecule has 0 amide bonds. The number of anilines is 1. The molecule has 4 rings (SSSR count). The number of rotatable bonds is 3. The van der Waals surface area contributed by atoms with E-state index < -0.39 is 0 Å². The van der Waals surface area contributed by atoms with Crippen LogP contribution in [-0.4, -0.2) is 28.0 Å². The summed E-state index contributed by atoms with van der Waals surface area (Å²) in [6, 6.07) is 9.59. The number of piperidine rings is 1. The molecule has 0 aliphatic carbocycles. The fraction of sp³-hybridized carbons (Fsp3) is 0.316. The second-order valence-electron chi connectivity index (χ2n) is 6.54. The largest absolute Gasteiger partial charge is 0.357 e. The van der Waals surface area contributed by atoms with Gasteiger partial charge in [0.05, 0.1) is 16.2 Å². The molecule has 0 unspecified atom stereocenters. The van der Waals surface area contributed by atoms with Crippen molar-refractivity contribution >= 4 is 51.9 Å². The van der Waals surface area contributed by atoms with Crippen molar-refractivity contribution in [2.24, 2.45) is 5.92 Å². The van der Waals surface area contributed by atoms with Crippen molar-refractivity contribution in [3.8, 4) is 0 Å². The van der Waals surface area contributed by atoms with Crippen molar-refractivity contribution < 1.29 is 0 Å². The number of halogens is 2. The van der Waals surface area contributed by atoms with Crippen molar-refractivity contribution in [1.29, 1.82) is 0 Å². The van der Waals surface area contributed by atoms with Gasteiger partial charge in [-0.2, -0.15) is 0 Å². The van der Waals surface area contributed by atoms with E-state index in [1.165, 1.54) is 24.6 Å². The molecule has 0 spiro atoms. The number of nitrogens with zero attached hydrogens (tertiary/aromatic N) is 4. The van der Waals surface area contributed by atoms with Gasteiger partial charge >= 0.3 is 0 Å². The van der Waals surface area contributed by atoms with E-state index in [2.05, 4.69) is 21.8 Å². The van der Waals surface area contributed by atoms with Gasteiger partial charge in [0.1, 0.15) is 16.4 Å². The summed E-state index contributed by atoms with van der Waals surface area (Å²) in [7, 11) is 0. The molecule has 0 radical (unpaired) electrons. The van der Waals surface area contributed by atoms with Crippen LogP contribution in [0.3, 0.4) is 0 Å². The van der Waals surface area contributed by atoms with E-state index in [0.717, 1.165) is 40.3 Å². The van der Waals surface area contributed by atoms with Gasteiger partial charge in [0, 0.05) is 18.0 Å². The molecule has 4 nitrogen and oxygen atoms in total. The van der Waals surface area contributed by atoms with Gasteiger partial charge in [0.25, 0.3) is 0 Å². The van der Waals surface area contributed by atoms with Gasteiger partial charge in [0.15, 0.2) is 5.65 Å². The molecular weight excluding hydrogens is 387 g/mol. The zero-order valence-corrected chi connectivity index (χ0v) is 16.7. The lowest BCUT2D eigenvalue weighted by atomic mass is 9.99. The Hall–Kier alpha value is -1.56. The first-order valence-corrected chi connectivity index (χ1v) is 10.2. The van der Waals surface area contributed by atoms with E-state index in [-0.39, 0.29) is 0 Å². The molecule has 134 valence electrons. The van der Waals surface area contributed by atoms with Crippen LogP contribution in [0.4, 0.5) is 5.82 Å². The van der Waals surface area contributed by atoms with Crippen molar-refractivity contribution in [2.45, 2.75) is 29.7 Å². The third-order valence-corrected chi connectivity index (χ3v) is 6.50. The first kappa shape index (κ1) is 17.8. The van der Waals surface area contributed by atoms with Crippen molar-refractivity contribution in [3.05, 3.63) is 46.6 Å². The van der Waals surface area contributed by atoms with Gasteiger partial charge in [-0.1, -0.05) is 48.0 Å². The quantitative estimate of drug-likeness (QED) is 0.558. The molecule has 0 atom stereocenters. The second kappa shape index (κ2) is 7.59. The van der Waals surface area contributed by atoms with Gasteiger partial charge in [-0.25, -0.2) is 15.0 Å². The van der Waals surface area contributed by atoms with Crippen molar-refractivity contribution in [2.75, 3.05) is 18.0 Å². The molecule has 1 aromatic carbocycles. The highest BCUT2D eigenvalue weighted by Crippen LogP contribution is 2.36. The Morgan fingerprint density at radius 2 is 1.88 bits per heavy atom. The van der Waals surface area contributed by atoms with Crippen LogP contribution in [0.15, 0.2) is 46.5 Å². The van der Waals surface area contributed by atoms with Crippen molar-refractivity contribution in [3.63, 3.8) is 0 Å². The summed E-state index contributed by atoms with van der Waals surface area (Å²) in [5, 5.41) is 1.84. The summed E-state index contributed by atoms with van der Waals surface area (Å²) in [5.74, 6) is 1.78. The van der Waals surface area contributed by atoms with Crippen LogP contribution in [0.2, 0.25) is 10.0 Å². The van der Waals surface area contributed by atoms with Gasteiger partial charge in [-0.15, -0.1) is 0 Å². The molecule has 3 aromatic rings. The summed E-state index contributed by atoms with van der Waals surface area (Å²) >= 11 is 13.8. The Balaban J connectivity index is 1.58. The van der Waals surface area contributed by atoms with Crippen LogP contribution < -0.4 is 4.90 Å². The molecule has 1 fully saturated rings. The number of hydrogen-bond donors (Lipinski definition) is 0. The highest BCUT2D eigenvalue weighted by atomic mass is 35.5. The Kier molecular flexibility index (Phi) is 5.20. The van der Waals surface area contributed by atoms with Crippen LogP contribution in [0.25, 0.3) is 11.2 Å². The molecular formula is C19H18Cl2N4S. The Bertz CT molecular complexity index is 942. The molecule has 26 heavy (non-hydrogen) atoms. The van der Waals surface area contributed by atoms with Gasteiger partial charge in [-0.05, 0) is 43.0 Å². The molecule has 0 saturated carbocycles. The zero-order chi connectivity index (χ0) is 18.1. The molecule has 0 bridgehead atoms. The highest BCUT2D eigenvalue weighted by molar-refractivity contribution is 7.99. The Morgan fingerprint density at radius 3 is 2.69 bits per heavy atom. The summed E-state index contributed by atoms with van der Waals surface area (Å²) in [6.07, 6.45) is 4.15. The average molecular weight is 405 g/mol. The van der Waals surface area contributed by atoms with Crippen LogP contribution in [0.5, 0.6) is 0 Å². The van der Waals surface area contributed by atoms with Gasteiger partial charge < -0.3 is 4.90 Å². The lowest BCUT2D eigenvalue weighted by Gasteiger charge is -2.31. The number of hydrogen-bond acceptors (Lipinski definition) is 5. The van der Waals surface area contributed by atoms with Crippen LogP contribution >= 0.6 is 35.0 Å². The third-order valence-electron chi connectivity index (χ3n) is 4.61. The van der Waals surface area contributed by atoms with Gasteiger partial charge in [0.2, 0.25) is 0 Å². The molecule has 2 aromatic heterocycles. The first-order chi connectivity index (χ1) is 12.6. The SMILES string of the molecule is CC1CCN(c2ccc3nc(Sc4cccc(Cl)c4Cl)cnc3n2)CC1. The minimum absolute atomic E-state index is 0.535. The molecule has 0 N–H and O–H groups in total. The van der Waals surface area contributed by atoms with Crippen LogP contribution in [0.1, 0.15) is 19.8 Å². The number of aromatic nitrogens is 3. The summed E-state index contributed by atoms with van der Waals surface area (Å²) in [5.41, 5.74) is 1.45. The Labute approximate surface area is 167 Å². The van der Waals surface area contributed by atoms with Crippen molar-refractivity contribution in [1.82, 2.24) is 15.0 Å². The number of fused-ring (bicyclic) bond motifs is 1. The lowest BCUT2D eigenvalue weighted by Crippen LogP contribution is -2.33. The predicted octanol–water partition coefficient (Wildman–Crippen LogP) is 5.72.